The molecule has 0 saturated carbocycles. The number of halogens is 2. The van der Waals surface area contributed by atoms with Crippen molar-refractivity contribution in [3.8, 4) is 5.75 Å². The van der Waals surface area contributed by atoms with Crippen LogP contribution in [0.2, 0.25) is 5.02 Å². The molecule has 1 atom stereocenters. The molecule has 8 heteroatoms. The van der Waals surface area contributed by atoms with E-state index in [1.54, 1.807) is 12.1 Å². The number of rotatable bonds is 6. The highest BCUT2D eigenvalue weighted by molar-refractivity contribution is 6.46. The number of ketones is 1. The Morgan fingerprint density at radius 3 is 2.43 bits per heavy atom. The third-order valence-electron chi connectivity index (χ3n) is 4.94. The number of aliphatic hydroxyl groups is 1. The minimum Gasteiger partial charge on any atom is -0.507 e. The normalized spacial score (nSPS) is 18.3. The van der Waals surface area contributed by atoms with E-state index in [1.165, 1.54) is 42.3 Å². The van der Waals surface area contributed by atoms with Gasteiger partial charge >= 0.3 is 0 Å². The number of likely N-dealkylation sites (tertiary alicyclic amines) is 1. The number of amides is 1. The lowest BCUT2D eigenvalue weighted by molar-refractivity contribution is -0.140. The Balaban J connectivity index is 2.14. The van der Waals surface area contributed by atoms with Crippen LogP contribution >= 0.6 is 11.6 Å². The maximum absolute atomic E-state index is 13.5. The highest BCUT2D eigenvalue weighted by Crippen LogP contribution is 2.40. The molecule has 1 saturated heterocycles. The summed E-state index contributed by atoms with van der Waals surface area (Å²) in [5, 5.41) is 11.2. The zero-order valence-electron chi connectivity index (χ0n) is 16.9. The fraction of sp³-hybridized carbons (Fsp3) is 0.273. The van der Waals surface area contributed by atoms with E-state index in [0.29, 0.717) is 17.9 Å². The highest BCUT2D eigenvalue weighted by Gasteiger charge is 2.45. The molecular weight excluding hydrogens is 411 g/mol. The molecule has 0 aliphatic carbocycles. The van der Waals surface area contributed by atoms with Crippen molar-refractivity contribution in [3.05, 3.63) is 70.0 Å². The van der Waals surface area contributed by atoms with Gasteiger partial charge in [-0.15, -0.1) is 0 Å². The van der Waals surface area contributed by atoms with Crippen molar-refractivity contribution >= 4 is 29.1 Å². The minimum absolute atomic E-state index is 0.0633. The van der Waals surface area contributed by atoms with Gasteiger partial charge in [0.25, 0.3) is 11.7 Å². The van der Waals surface area contributed by atoms with Crippen LogP contribution in [0, 0.1) is 5.82 Å². The lowest BCUT2D eigenvalue weighted by Gasteiger charge is -2.26. The van der Waals surface area contributed by atoms with E-state index >= 15 is 0 Å². The molecule has 1 aliphatic heterocycles. The van der Waals surface area contributed by atoms with E-state index in [0.717, 1.165) is 0 Å². The molecule has 1 aliphatic rings. The number of hydrogen-bond donors (Lipinski definition) is 1. The molecule has 0 radical (unpaired) electrons. The van der Waals surface area contributed by atoms with Crippen molar-refractivity contribution in [1.82, 2.24) is 9.80 Å². The Bertz CT molecular complexity index is 1000. The molecule has 1 fully saturated rings. The molecule has 0 bridgehead atoms. The third-order valence-corrected chi connectivity index (χ3v) is 5.23. The summed E-state index contributed by atoms with van der Waals surface area (Å²) in [5.74, 6) is -1.89. The van der Waals surface area contributed by atoms with Gasteiger partial charge in [0.2, 0.25) is 0 Å². The molecule has 0 unspecified atom stereocenters. The predicted octanol–water partition coefficient (Wildman–Crippen LogP) is 3.47. The van der Waals surface area contributed by atoms with E-state index in [2.05, 4.69) is 0 Å². The first-order valence-corrected chi connectivity index (χ1v) is 9.65. The number of hydrogen-bond acceptors (Lipinski definition) is 5. The summed E-state index contributed by atoms with van der Waals surface area (Å²) in [7, 11) is 5.16. The van der Waals surface area contributed by atoms with Crippen LogP contribution in [0.5, 0.6) is 5.75 Å². The Morgan fingerprint density at radius 2 is 1.87 bits per heavy atom. The molecule has 1 amide bonds. The Morgan fingerprint density at radius 1 is 1.20 bits per heavy atom. The minimum atomic E-state index is -0.841. The SMILES string of the molecule is COc1ccc(/C(O)=C2\C(=O)C(=O)N(CCN(C)C)[C@H]2c2ccc(F)cc2)cc1Cl. The summed E-state index contributed by atoms with van der Waals surface area (Å²) in [5.41, 5.74) is 0.737. The summed E-state index contributed by atoms with van der Waals surface area (Å²) >= 11 is 6.16. The van der Waals surface area contributed by atoms with Gasteiger partial charge in [-0.25, -0.2) is 4.39 Å². The van der Waals surface area contributed by atoms with Gasteiger partial charge in [-0.05, 0) is 50.0 Å². The number of likely N-dealkylation sites (N-methyl/N-ethyl adjacent to an activating group) is 1. The average molecular weight is 433 g/mol. The highest BCUT2D eigenvalue weighted by atomic mass is 35.5. The summed E-state index contributed by atoms with van der Waals surface area (Å²) in [6.45, 7) is 0.777. The summed E-state index contributed by atoms with van der Waals surface area (Å²) < 4.78 is 18.6. The van der Waals surface area contributed by atoms with E-state index in [1.807, 2.05) is 19.0 Å². The lowest BCUT2D eigenvalue weighted by Crippen LogP contribution is -2.35. The van der Waals surface area contributed by atoms with Crippen molar-refractivity contribution in [2.45, 2.75) is 6.04 Å². The van der Waals surface area contributed by atoms with Crippen LogP contribution in [0.3, 0.4) is 0 Å². The van der Waals surface area contributed by atoms with Gasteiger partial charge in [0, 0.05) is 18.7 Å². The molecule has 1 N–H and O–H groups in total. The number of carbonyl (C=O) groups excluding carboxylic acids is 2. The lowest BCUT2D eigenvalue weighted by atomic mass is 9.95. The van der Waals surface area contributed by atoms with Gasteiger partial charge in [-0.1, -0.05) is 23.7 Å². The van der Waals surface area contributed by atoms with E-state index in [9.17, 15) is 19.1 Å². The van der Waals surface area contributed by atoms with Crippen molar-refractivity contribution in [2.24, 2.45) is 0 Å². The number of benzene rings is 2. The number of ether oxygens (including phenoxy) is 1. The Kier molecular flexibility index (Phi) is 6.43. The molecule has 2 aromatic carbocycles. The Labute approximate surface area is 179 Å². The standard InChI is InChI=1S/C22H22ClFN2O4/c1-25(2)10-11-26-19(13-4-7-15(24)8-5-13)18(21(28)22(26)29)20(27)14-6-9-17(30-3)16(23)12-14/h4-9,12,19,27H,10-11H2,1-3H3/b20-18+/t19-/m0/s1. The second-order valence-corrected chi connectivity index (χ2v) is 7.60. The summed E-state index contributed by atoms with van der Waals surface area (Å²) in [4.78, 5) is 28.9. The quantitative estimate of drug-likeness (QED) is 0.430. The molecule has 2 aromatic rings. The van der Waals surface area contributed by atoms with Crippen molar-refractivity contribution < 1.29 is 23.8 Å². The largest absolute Gasteiger partial charge is 0.507 e. The molecule has 158 valence electrons. The van der Waals surface area contributed by atoms with Crippen LogP contribution in [0.15, 0.2) is 48.0 Å². The number of nitrogens with zero attached hydrogens (tertiary/aromatic N) is 2. The monoisotopic (exact) mass is 432 g/mol. The number of carbonyl (C=O) groups is 2. The molecular formula is C22H22ClFN2O4. The molecule has 3 rings (SSSR count). The van der Waals surface area contributed by atoms with Crippen molar-refractivity contribution in [2.75, 3.05) is 34.3 Å². The van der Waals surface area contributed by atoms with Crippen LogP contribution in [-0.4, -0.2) is 60.9 Å². The van der Waals surface area contributed by atoms with Gasteiger partial charge in [0.15, 0.2) is 0 Å². The first kappa shape index (κ1) is 21.8. The average Bonchev–Trinajstić information content (AvgIpc) is 2.96. The molecule has 6 nitrogen and oxygen atoms in total. The molecule has 30 heavy (non-hydrogen) atoms. The van der Waals surface area contributed by atoms with Gasteiger partial charge in [-0.2, -0.15) is 0 Å². The topological polar surface area (TPSA) is 70.1 Å². The number of aliphatic hydroxyl groups excluding tert-OH is 1. The van der Waals surface area contributed by atoms with Gasteiger partial charge in [-0.3, -0.25) is 9.59 Å². The molecule has 0 aromatic heterocycles. The Hall–Kier alpha value is -2.90. The fourth-order valence-electron chi connectivity index (χ4n) is 3.38. The van der Waals surface area contributed by atoms with E-state index in [-0.39, 0.29) is 28.5 Å². The van der Waals surface area contributed by atoms with Crippen LogP contribution in [-0.2, 0) is 9.59 Å². The third kappa shape index (κ3) is 4.17. The number of Topliss-reactive ketones (excluding diaryl/α,β-unsaturated/α-hetero) is 1. The van der Waals surface area contributed by atoms with Gasteiger partial charge in [0.05, 0.1) is 23.7 Å². The first-order valence-electron chi connectivity index (χ1n) is 9.27. The second kappa shape index (κ2) is 8.85. The second-order valence-electron chi connectivity index (χ2n) is 7.20. The van der Waals surface area contributed by atoms with Crippen LogP contribution in [0.25, 0.3) is 5.76 Å². The van der Waals surface area contributed by atoms with Gasteiger partial charge < -0.3 is 19.6 Å². The van der Waals surface area contributed by atoms with Crippen LogP contribution < -0.4 is 4.74 Å². The molecule has 1 heterocycles. The van der Waals surface area contributed by atoms with Crippen molar-refractivity contribution in [1.29, 1.82) is 0 Å². The summed E-state index contributed by atoms with van der Waals surface area (Å²) in [6, 6.07) is 9.25. The smallest absolute Gasteiger partial charge is 0.295 e. The maximum Gasteiger partial charge on any atom is 0.295 e. The van der Waals surface area contributed by atoms with Gasteiger partial charge in [0.1, 0.15) is 17.3 Å². The summed E-state index contributed by atoms with van der Waals surface area (Å²) in [6.07, 6.45) is 0. The van der Waals surface area contributed by atoms with E-state index < -0.39 is 23.5 Å². The van der Waals surface area contributed by atoms with Crippen molar-refractivity contribution in [3.63, 3.8) is 0 Å². The first-order chi connectivity index (χ1) is 14.2. The van der Waals surface area contributed by atoms with Crippen LogP contribution in [0.1, 0.15) is 17.2 Å². The fourth-order valence-corrected chi connectivity index (χ4v) is 3.64. The predicted molar refractivity (Wildman–Crippen MR) is 112 cm³/mol. The zero-order chi connectivity index (χ0) is 22.0. The molecule has 0 spiro atoms. The van der Waals surface area contributed by atoms with Crippen LogP contribution in [0.4, 0.5) is 4.39 Å². The van der Waals surface area contributed by atoms with E-state index in [4.69, 9.17) is 16.3 Å². The maximum atomic E-state index is 13.5. The zero-order valence-corrected chi connectivity index (χ0v) is 17.6. The number of methoxy groups -OCH3 is 1.